The molecule has 0 aliphatic carbocycles. The van der Waals surface area contributed by atoms with Gasteiger partial charge in [-0.2, -0.15) is 0 Å². The van der Waals surface area contributed by atoms with Crippen LogP contribution in [0, 0.1) is 18.8 Å². The van der Waals surface area contributed by atoms with Crippen molar-refractivity contribution in [2.24, 2.45) is 0 Å². The molecule has 0 bridgehead atoms. The third kappa shape index (κ3) is 3.34. The van der Waals surface area contributed by atoms with Crippen molar-refractivity contribution in [1.29, 1.82) is 0 Å². The monoisotopic (exact) mass is 322 g/mol. The van der Waals surface area contributed by atoms with Gasteiger partial charge in [0.1, 0.15) is 5.75 Å². The third-order valence-corrected chi connectivity index (χ3v) is 4.21. The van der Waals surface area contributed by atoms with Crippen molar-refractivity contribution in [2.75, 3.05) is 0 Å². The predicted molar refractivity (Wildman–Crippen MR) is 102 cm³/mol. The van der Waals surface area contributed by atoms with E-state index in [1.165, 1.54) is 16.7 Å². The van der Waals surface area contributed by atoms with E-state index in [-0.39, 0.29) is 6.10 Å². The summed E-state index contributed by atoms with van der Waals surface area (Å²) in [5, 5.41) is 0. The smallest absolute Gasteiger partial charge is 0.178 e. The minimum atomic E-state index is -0.259. The average molecular weight is 322 g/mol. The lowest BCUT2D eigenvalue weighted by Gasteiger charge is -2.23. The second kappa shape index (κ2) is 6.71. The highest BCUT2D eigenvalue weighted by Crippen LogP contribution is 2.36. The number of aryl methyl sites for hydroxylation is 1. The molecule has 0 amide bonds. The number of fused-ring (bicyclic) bond motifs is 1. The number of benzene rings is 3. The lowest BCUT2D eigenvalue weighted by molar-refractivity contribution is 0.300. The molecule has 0 radical (unpaired) electrons. The molecular weight excluding hydrogens is 304 g/mol. The van der Waals surface area contributed by atoms with Gasteiger partial charge in [0, 0.05) is 11.1 Å². The summed E-state index contributed by atoms with van der Waals surface area (Å²) in [7, 11) is 0. The van der Waals surface area contributed by atoms with E-state index in [1.54, 1.807) is 0 Å². The van der Waals surface area contributed by atoms with Crippen molar-refractivity contribution >= 4 is 5.57 Å². The van der Waals surface area contributed by atoms with E-state index in [2.05, 4.69) is 61.2 Å². The fraction of sp³-hybridized carbons (Fsp3) is 0.0833. The zero-order valence-electron chi connectivity index (χ0n) is 14.1. The summed E-state index contributed by atoms with van der Waals surface area (Å²) in [5.41, 5.74) is 5.71. The molecule has 0 N–H and O–H groups in total. The molecule has 0 fully saturated rings. The fourth-order valence-electron chi connectivity index (χ4n) is 2.99. The van der Waals surface area contributed by atoms with Crippen LogP contribution in [-0.2, 0) is 0 Å². The molecular formula is C24H18O. The van der Waals surface area contributed by atoms with Crippen LogP contribution in [0.4, 0.5) is 0 Å². The van der Waals surface area contributed by atoms with Gasteiger partial charge in [-0.15, -0.1) is 0 Å². The quantitative estimate of drug-likeness (QED) is 0.557. The fourth-order valence-corrected chi connectivity index (χ4v) is 2.99. The summed E-state index contributed by atoms with van der Waals surface area (Å²) >= 11 is 0. The Kier molecular flexibility index (Phi) is 4.11. The van der Waals surface area contributed by atoms with Gasteiger partial charge in [-0.25, -0.2) is 0 Å². The molecule has 1 nitrogen and oxygen atoms in total. The Morgan fingerprint density at radius 1 is 0.840 bits per heavy atom. The summed E-state index contributed by atoms with van der Waals surface area (Å²) in [6.45, 7) is 2.10. The number of hydrogen-bond acceptors (Lipinski definition) is 1. The van der Waals surface area contributed by atoms with Gasteiger partial charge in [0.25, 0.3) is 0 Å². The SMILES string of the molecule is Cc1ccc2c(c1)C(c1ccccc1)=C[C@@H](C#Cc1ccccc1)O2. The molecule has 1 aliphatic rings. The first-order valence-electron chi connectivity index (χ1n) is 8.41. The minimum Gasteiger partial charge on any atom is -0.473 e. The van der Waals surface area contributed by atoms with Crippen LogP contribution in [0.25, 0.3) is 5.57 Å². The first-order valence-corrected chi connectivity index (χ1v) is 8.41. The molecule has 1 atom stereocenters. The van der Waals surface area contributed by atoms with Crippen molar-refractivity contribution in [2.45, 2.75) is 13.0 Å². The van der Waals surface area contributed by atoms with Gasteiger partial charge in [-0.05, 0) is 54.3 Å². The molecule has 0 unspecified atom stereocenters. The Morgan fingerprint density at radius 2 is 1.56 bits per heavy atom. The van der Waals surface area contributed by atoms with Crippen molar-refractivity contribution in [3.8, 4) is 17.6 Å². The first kappa shape index (κ1) is 15.3. The van der Waals surface area contributed by atoms with E-state index in [4.69, 9.17) is 4.74 Å². The van der Waals surface area contributed by atoms with Crippen molar-refractivity contribution in [3.05, 3.63) is 107 Å². The van der Waals surface area contributed by atoms with Crippen LogP contribution in [-0.4, -0.2) is 6.10 Å². The molecule has 0 saturated carbocycles. The first-order chi connectivity index (χ1) is 12.3. The Labute approximate surface area is 148 Å². The van der Waals surface area contributed by atoms with Gasteiger partial charge in [0.2, 0.25) is 0 Å². The van der Waals surface area contributed by atoms with Crippen LogP contribution in [0.5, 0.6) is 5.75 Å². The second-order valence-electron chi connectivity index (χ2n) is 6.12. The van der Waals surface area contributed by atoms with Crippen molar-refractivity contribution in [3.63, 3.8) is 0 Å². The topological polar surface area (TPSA) is 9.23 Å². The summed E-state index contributed by atoms with van der Waals surface area (Å²) in [4.78, 5) is 0. The van der Waals surface area contributed by atoms with Gasteiger partial charge in [0.05, 0.1) is 0 Å². The summed E-state index contributed by atoms with van der Waals surface area (Å²) in [6.07, 6.45) is 1.86. The lowest BCUT2D eigenvalue weighted by Crippen LogP contribution is -2.17. The molecule has 0 spiro atoms. The summed E-state index contributed by atoms with van der Waals surface area (Å²) < 4.78 is 6.11. The van der Waals surface area contributed by atoms with E-state index < -0.39 is 0 Å². The van der Waals surface area contributed by atoms with E-state index in [0.29, 0.717) is 0 Å². The van der Waals surface area contributed by atoms with E-state index in [1.807, 2.05) is 42.5 Å². The Morgan fingerprint density at radius 3 is 2.32 bits per heavy atom. The molecule has 25 heavy (non-hydrogen) atoms. The third-order valence-electron chi connectivity index (χ3n) is 4.21. The predicted octanol–water partition coefficient (Wildman–Crippen LogP) is 5.24. The van der Waals surface area contributed by atoms with Crippen LogP contribution in [0.3, 0.4) is 0 Å². The number of rotatable bonds is 1. The largest absolute Gasteiger partial charge is 0.473 e. The summed E-state index contributed by atoms with van der Waals surface area (Å²) in [5.74, 6) is 7.34. The maximum atomic E-state index is 6.11. The Bertz CT molecular complexity index is 973. The molecule has 120 valence electrons. The highest BCUT2D eigenvalue weighted by atomic mass is 16.5. The van der Waals surface area contributed by atoms with Gasteiger partial charge >= 0.3 is 0 Å². The average Bonchev–Trinajstić information content (AvgIpc) is 2.67. The maximum Gasteiger partial charge on any atom is 0.178 e. The minimum absolute atomic E-state index is 0.259. The van der Waals surface area contributed by atoms with Gasteiger partial charge in [0.15, 0.2) is 6.10 Å². The Hall–Kier alpha value is -3.24. The molecule has 4 rings (SSSR count). The van der Waals surface area contributed by atoms with Gasteiger partial charge in [-0.3, -0.25) is 0 Å². The van der Waals surface area contributed by atoms with E-state index >= 15 is 0 Å². The Balaban J connectivity index is 1.77. The van der Waals surface area contributed by atoms with Crippen LogP contribution < -0.4 is 4.74 Å². The van der Waals surface area contributed by atoms with Gasteiger partial charge in [-0.1, -0.05) is 66.1 Å². The molecule has 1 aliphatic heterocycles. The van der Waals surface area contributed by atoms with Crippen molar-refractivity contribution in [1.82, 2.24) is 0 Å². The zero-order valence-corrected chi connectivity index (χ0v) is 14.1. The second-order valence-corrected chi connectivity index (χ2v) is 6.12. The highest BCUT2D eigenvalue weighted by Gasteiger charge is 2.20. The van der Waals surface area contributed by atoms with Crippen LogP contribution in [0.15, 0.2) is 84.9 Å². The van der Waals surface area contributed by atoms with E-state index in [0.717, 1.165) is 16.9 Å². The van der Waals surface area contributed by atoms with Gasteiger partial charge < -0.3 is 4.74 Å². The zero-order chi connectivity index (χ0) is 17.1. The highest BCUT2D eigenvalue weighted by molar-refractivity contribution is 5.85. The standard InChI is InChI=1S/C24H18O/c1-18-12-15-24-23(16-18)22(20-10-6-3-7-11-20)17-21(25-24)14-13-19-8-4-2-5-9-19/h2-12,15-17,21H,1H3/t21-/m1/s1. The van der Waals surface area contributed by atoms with Crippen LogP contribution in [0.1, 0.15) is 22.3 Å². The van der Waals surface area contributed by atoms with Crippen LogP contribution >= 0.6 is 0 Å². The summed E-state index contributed by atoms with van der Waals surface area (Å²) in [6, 6.07) is 26.7. The normalized spacial score (nSPS) is 15.2. The molecule has 1 heterocycles. The van der Waals surface area contributed by atoms with Crippen molar-refractivity contribution < 1.29 is 4.74 Å². The van der Waals surface area contributed by atoms with E-state index in [9.17, 15) is 0 Å². The van der Waals surface area contributed by atoms with Crippen LogP contribution in [0.2, 0.25) is 0 Å². The molecule has 3 aromatic rings. The lowest BCUT2D eigenvalue weighted by atomic mass is 9.92. The number of hydrogen-bond donors (Lipinski definition) is 0. The number of ether oxygens (including phenoxy) is 1. The molecule has 3 aromatic carbocycles. The molecule has 0 saturated heterocycles. The molecule has 0 aromatic heterocycles. The maximum absolute atomic E-state index is 6.11. The molecule has 1 heteroatoms.